The Hall–Kier alpha value is -0.810. The fourth-order valence-corrected chi connectivity index (χ4v) is 3.10. The molecule has 1 rings (SSSR count). The molecule has 3 nitrogen and oxygen atoms in total. The van der Waals surface area contributed by atoms with Gasteiger partial charge in [0.05, 0.1) is 10.3 Å². The van der Waals surface area contributed by atoms with Gasteiger partial charge in [-0.2, -0.15) is 0 Å². The Morgan fingerprint density at radius 1 is 1.56 bits per heavy atom. The van der Waals surface area contributed by atoms with Gasteiger partial charge in [-0.05, 0) is 41.4 Å². The second-order valence-corrected chi connectivity index (χ2v) is 6.44. The van der Waals surface area contributed by atoms with Crippen molar-refractivity contribution >= 4 is 33.2 Å². The first-order valence-electron chi connectivity index (χ1n) is 5.94. The number of aliphatic imine (C=N–C) groups is 1. The Bertz CT molecular complexity index is 412. The van der Waals surface area contributed by atoms with Gasteiger partial charge in [-0.3, -0.25) is 4.99 Å². The highest BCUT2D eigenvalue weighted by atomic mass is 79.9. The Labute approximate surface area is 122 Å². The van der Waals surface area contributed by atoms with Crippen LogP contribution in [-0.4, -0.2) is 31.5 Å². The van der Waals surface area contributed by atoms with Crippen molar-refractivity contribution in [2.24, 2.45) is 4.99 Å². The summed E-state index contributed by atoms with van der Waals surface area (Å²) in [6.45, 7) is 3.82. The molecular weight excluding hydrogens is 310 g/mol. The van der Waals surface area contributed by atoms with Crippen molar-refractivity contribution in [3.63, 3.8) is 0 Å². The molecule has 0 aliphatic rings. The maximum atomic E-state index is 4.29. The lowest BCUT2D eigenvalue weighted by molar-refractivity contribution is 0.482. The second kappa shape index (κ2) is 8.32. The molecule has 0 aliphatic carbocycles. The first-order chi connectivity index (χ1) is 8.67. The van der Waals surface area contributed by atoms with E-state index in [2.05, 4.69) is 62.5 Å². The van der Waals surface area contributed by atoms with E-state index in [1.165, 1.54) is 8.66 Å². The molecular formula is C13H20BrN3S. The van der Waals surface area contributed by atoms with Gasteiger partial charge in [0.25, 0.3) is 0 Å². The van der Waals surface area contributed by atoms with Crippen LogP contribution in [0.25, 0.3) is 0 Å². The number of nitrogens with zero attached hydrogens (tertiary/aromatic N) is 2. The van der Waals surface area contributed by atoms with Crippen LogP contribution in [0.1, 0.15) is 18.2 Å². The van der Waals surface area contributed by atoms with Crippen LogP contribution in [0.4, 0.5) is 0 Å². The zero-order valence-electron chi connectivity index (χ0n) is 11.1. The van der Waals surface area contributed by atoms with E-state index in [0.717, 1.165) is 25.5 Å². The van der Waals surface area contributed by atoms with Gasteiger partial charge in [0.1, 0.15) is 0 Å². The van der Waals surface area contributed by atoms with Crippen molar-refractivity contribution in [3.05, 3.63) is 32.9 Å². The average molecular weight is 330 g/mol. The number of guanidine groups is 1. The number of hydrogen-bond donors (Lipinski definition) is 1. The van der Waals surface area contributed by atoms with E-state index in [9.17, 15) is 0 Å². The van der Waals surface area contributed by atoms with Crippen LogP contribution in [0.2, 0.25) is 0 Å². The summed E-state index contributed by atoms with van der Waals surface area (Å²) in [5.41, 5.74) is 0. The van der Waals surface area contributed by atoms with Gasteiger partial charge in [0.15, 0.2) is 5.96 Å². The minimum absolute atomic E-state index is 0.875. The number of nitrogens with one attached hydrogen (secondary N) is 1. The third-order valence-electron chi connectivity index (χ3n) is 2.43. The number of rotatable bonds is 5. The lowest BCUT2D eigenvalue weighted by Crippen LogP contribution is -2.38. The van der Waals surface area contributed by atoms with Gasteiger partial charge in [0.2, 0.25) is 0 Å². The summed E-state index contributed by atoms with van der Waals surface area (Å²) in [4.78, 5) is 7.74. The standard InChI is InChI=1S/C13H20BrN3S/c1-4-5-6-9-16-13(15-2)17(3)10-11-7-8-12(14)18-11/h4-5,7-8H,6,9-10H2,1-3H3,(H,15,16)/b5-4+. The fourth-order valence-electron chi connectivity index (χ4n) is 1.56. The van der Waals surface area contributed by atoms with E-state index >= 15 is 0 Å². The summed E-state index contributed by atoms with van der Waals surface area (Å²) in [6, 6.07) is 4.22. The molecule has 5 heteroatoms. The molecule has 0 aromatic carbocycles. The number of halogens is 1. The van der Waals surface area contributed by atoms with E-state index in [0.29, 0.717) is 0 Å². The smallest absolute Gasteiger partial charge is 0.193 e. The Balaban J connectivity index is 2.44. The molecule has 0 radical (unpaired) electrons. The number of allylic oxidation sites excluding steroid dienone is 1. The van der Waals surface area contributed by atoms with Gasteiger partial charge in [-0.15, -0.1) is 11.3 Å². The third-order valence-corrected chi connectivity index (χ3v) is 4.03. The normalized spacial score (nSPS) is 12.1. The van der Waals surface area contributed by atoms with Crippen LogP contribution in [0.15, 0.2) is 33.1 Å². The van der Waals surface area contributed by atoms with Crippen LogP contribution in [0, 0.1) is 0 Å². The molecule has 1 aromatic rings. The lowest BCUT2D eigenvalue weighted by Gasteiger charge is -2.21. The molecule has 1 aromatic heterocycles. The van der Waals surface area contributed by atoms with Crippen molar-refractivity contribution in [3.8, 4) is 0 Å². The quantitative estimate of drug-likeness (QED) is 0.387. The average Bonchev–Trinajstić information content (AvgIpc) is 2.75. The maximum Gasteiger partial charge on any atom is 0.193 e. The van der Waals surface area contributed by atoms with Gasteiger partial charge in [-0.1, -0.05) is 12.2 Å². The van der Waals surface area contributed by atoms with Crippen molar-refractivity contribution < 1.29 is 0 Å². The molecule has 0 unspecified atom stereocenters. The summed E-state index contributed by atoms with van der Waals surface area (Å²) in [6.07, 6.45) is 5.24. The molecule has 100 valence electrons. The first-order valence-corrected chi connectivity index (χ1v) is 7.55. The lowest BCUT2D eigenvalue weighted by atomic mass is 10.4. The summed E-state index contributed by atoms with van der Waals surface area (Å²) in [5.74, 6) is 0.934. The van der Waals surface area contributed by atoms with Gasteiger partial charge in [0, 0.05) is 25.5 Å². The summed E-state index contributed by atoms with van der Waals surface area (Å²) < 4.78 is 1.17. The van der Waals surface area contributed by atoms with Crippen molar-refractivity contribution in [2.45, 2.75) is 19.9 Å². The van der Waals surface area contributed by atoms with Crippen LogP contribution in [-0.2, 0) is 6.54 Å². The molecule has 0 bridgehead atoms. The van der Waals surface area contributed by atoms with Crippen LogP contribution in [0.5, 0.6) is 0 Å². The van der Waals surface area contributed by atoms with Crippen molar-refractivity contribution in [2.75, 3.05) is 20.6 Å². The summed E-state index contributed by atoms with van der Waals surface area (Å²) in [5, 5.41) is 3.35. The zero-order valence-corrected chi connectivity index (χ0v) is 13.5. The molecule has 0 fully saturated rings. The predicted octanol–water partition coefficient (Wildman–Crippen LogP) is 3.48. The van der Waals surface area contributed by atoms with Crippen LogP contribution < -0.4 is 5.32 Å². The number of hydrogen-bond acceptors (Lipinski definition) is 2. The Morgan fingerprint density at radius 3 is 2.89 bits per heavy atom. The molecule has 1 N–H and O–H groups in total. The number of thiophene rings is 1. The highest BCUT2D eigenvalue weighted by Crippen LogP contribution is 2.22. The van der Waals surface area contributed by atoms with E-state index in [-0.39, 0.29) is 0 Å². The molecule has 0 atom stereocenters. The summed E-state index contributed by atoms with van der Waals surface area (Å²) in [7, 11) is 3.87. The second-order valence-electron chi connectivity index (χ2n) is 3.89. The Kier molecular flexibility index (Phi) is 7.05. The van der Waals surface area contributed by atoms with Crippen LogP contribution in [0.3, 0.4) is 0 Å². The van der Waals surface area contributed by atoms with Gasteiger partial charge >= 0.3 is 0 Å². The molecule has 18 heavy (non-hydrogen) atoms. The topological polar surface area (TPSA) is 27.6 Å². The largest absolute Gasteiger partial charge is 0.356 e. The monoisotopic (exact) mass is 329 g/mol. The van der Waals surface area contributed by atoms with Gasteiger partial charge in [-0.25, -0.2) is 0 Å². The molecule has 0 spiro atoms. The Morgan fingerprint density at radius 2 is 2.33 bits per heavy atom. The molecule has 1 heterocycles. The maximum absolute atomic E-state index is 4.29. The van der Waals surface area contributed by atoms with Crippen LogP contribution >= 0.6 is 27.3 Å². The predicted molar refractivity (Wildman–Crippen MR) is 84.3 cm³/mol. The summed E-state index contributed by atoms with van der Waals surface area (Å²) >= 11 is 5.24. The van der Waals surface area contributed by atoms with Gasteiger partial charge < -0.3 is 10.2 Å². The van der Waals surface area contributed by atoms with Crippen molar-refractivity contribution in [1.29, 1.82) is 0 Å². The molecule has 0 aliphatic heterocycles. The van der Waals surface area contributed by atoms with E-state index in [1.54, 1.807) is 11.3 Å². The zero-order chi connectivity index (χ0) is 13.4. The van der Waals surface area contributed by atoms with Crippen molar-refractivity contribution in [1.82, 2.24) is 10.2 Å². The molecule has 0 amide bonds. The SMILES string of the molecule is C/C=C/CCNC(=NC)N(C)Cc1ccc(Br)s1. The first kappa shape index (κ1) is 15.2. The highest BCUT2D eigenvalue weighted by molar-refractivity contribution is 9.11. The molecule has 0 saturated carbocycles. The third kappa shape index (κ3) is 5.23. The van der Waals surface area contributed by atoms with E-state index < -0.39 is 0 Å². The minimum Gasteiger partial charge on any atom is -0.356 e. The minimum atomic E-state index is 0.875. The van der Waals surface area contributed by atoms with E-state index in [4.69, 9.17) is 0 Å². The highest BCUT2D eigenvalue weighted by Gasteiger charge is 2.07. The molecule has 0 saturated heterocycles. The fraction of sp³-hybridized carbons (Fsp3) is 0.462. The van der Waals surface area contributed by atoms with E-state index in [1.807, 2.05) is 14.0 Å².